The third-order valence-electron chi connectivity index (χ3n) is 3.66. The number of nitrogens with two attached hydrogens (primary N) is 1. The van der Waals surface area contributed by atoms with Crippen molar-refractivity contribution in [1.29, 1.82) is 0 Å². The standard InChI is InChI=1S/C16H24N2O.ClH/c1-11(2)14-6-4-13(5-7-14)10-18(15-8-9-15)16(19)12(3)17;/h4-7,11-12,15H,8-10,17H2,1-3H3;1H/t12-;/m0./s1. The Bertz CT molecular complexity index is 438. The van der Waals surface area contributed by atoms with E-state index in [9.17, 15) is 4.79 Å². The fraction of sp³-hybridized carbons (Fsp3) is 0.562. The quantitative estimate of drug-likeness (QED) is 0.907. The summed E-state index contributed by atoms with van der Waals surface area (Å²) in [6, 6.07) is 8.56. The molecule has 1 amide bonds. The van der Waals surface area contributed by atoms with Crippen LogP contribution in [0.25, 0.3) is 0 Å². The van der Waals surface area contributed by atoms with Gasteiger partial charge >= 0.3 is 0 Å². The molecule has 1 fully saturated rings. The second kappa shape index (κ2) is 7.09. The molecule has 0 spiro atoms. The molecule has 112 valence electrons. The minimum atomic E-state index is -0.407. The number of carbonyl (C=O) groups excluding carboxylic acids is 1. The van der Waals surface area contributed by atoms with E-state index >= 15 is 0 Å². The van der Waals surface area contributed by atoms with Crippen LogP contribution in [-0.4, -0.2) is 22.9 Å². The van der Waals surface area contributed by atoms with E-state index in [-0.39, 0.29) is 18.3 Å². The molecule has 4 heteroatoms. The molecule has 3 nitrogen and oxygen atoms in total. The fourth-order valence-electron chi connectivity index (χ4n) is 2.24. The van der Waals surface area contributed by atoms with E-state index in [1.54, 1.807) is 6.92 Å². The van der Waals surface area contributed by atoms with Gasteiger partial charge in [0, 0.05) is 12.6 Å². The molecule has 20 heavy (non-hydrogen) atoms. The van der Waals surface area contributed by atoms with Crippen LogP contribution in [0.4, 0.5) is 0 Å². The van der Waals surface area contributed by atoms with Gasteiger partial charge in [0.05, 0.1) is 6.04 Å². The van der Waals surface area contributed by atoms with E-state index < -0.39 is 6.04 Å². The Morgan fingerprint density at radius 3 is 2.20 bits per heavy atom. The SMILES string of the molecule is CC(C)c1ccc(CN(C(=O)[C@H](C)N)C2CC2)cc1.Cl. The minimum absolute atomic E-state index is 0. The molecule has 0 unspecified atom stereocenters. The normalized spacial score (nSPS) is 15.7. The summed E-state index contributed by atoms with van der Waals surface area (Å²) in [5.41, 5.74) is 8.25. The van der Waals surface area contributed by atoms with Gasteiger partial charge in [0.2, 0.25) is 5.91 Å². The van der Waals surface area contributed by atoms with E-state index in [4.69, 9.17) is 5.73 Å². The molecule has 2 N–H and O–H groups in total. The molecule has 1 aromatic rings. The zero-order chi connectivity index (χ0) is 14.0. The number of rotatable bonds is 5. The monoisotopic (exact) mass is 296 g/mol. The number of benzene rings is 1. The highest BCUT2D eigenvalue weighted by molar-refractivity contribution is 5.85. The highest BCUT2D eigenvalue weighted by atomic mass is 35.5. The molecule has 0 aliphatic heterocycles. The van der Waals surface area contributed by atoms with Crippen molar-refractivity contribution in [3.63, 3.8) is 0 Å². The van der Waals surface area contributed by atoms with E-state index in [1.807, 2.05) is 4.90 Å². The van der Waals surface area contributed by atoms with Crippen LogP contribution in [0.5, 0.6) is 0 Å². The predicted octanol–water partition coefficient (Wildman–Crippen LogP) is 3.07. The van der Waals surface area contributed by atoms with Crippen LogP contribution in [0.15, 0.2) is 24.3 Å². The summed E-state index contributed by atoms with van der Waals surface area (Å²) in [5.74, 6) is 0.606. The molecule has 1 aliphatic rings. The molecular formula is C16H25ClN2O. The Hall–Kier alpha value is -1.06. The minimum Gasteiger partial charge on any atom is -0.334 e. The van der Waals surface area contributed by atoms with Crippen molar-refractivity contribution in [2.45, 2.75) is 58.2 Å². The molecule has 0 bridgehead atoms. The van der Waals surface area contributed by atoms with Crippen molar-refractivity contribution in [3.8, 4) is 0 Å². The summed E-state index contributed by atoms with van der Waals surface area (Å²) in [4.78, 5) is 14.0. The third-order valence-corrected chi connectivity index (χ3v) is 3.66. The zero-order valence-corrected chi connectivity index (χ0v) is 13.3. The Kier molecular flexibility index (Phi) is 6.03. The average Bonchev–Trinajstić information content (AvgIpc) is 3.19. The number of halogens is 1. The van der Waals surface area contributed by atoms with Crippen LogP contribution in [-0.2, 0) is 11.3 Å². The van der Waals surface area contributed by atoms with Gasteiger partial charge < -0.3 is 10.6 Å². The molecule has 0 saturated heterocycles. The van der Waals surface area contributed by atoms with Crippen molar-refractivity contribution in [2.75, 3.05) is 0 Å². The van der Waals surface area contributed by atoms with Crippen LogP contribution >= 0.6 is 12.4 Å². The highest BCUT2D eigenvalue weighted by Crippen LogP contribution is 2.29. The van der Waals surface area contributed by atoms with Gasteiger partial charge in [0.15, 0.2) is 0 Å². The van der Waals surface area contributed by atoms with Crippen LogP contribution < -0.4 is 5.73 Å². The smallest absolute Gasteiger partial charge is 0.239 e. The summed E-state index contributed by atoms with van der Waals surface area (Å²) in [7, 11) is 0. The van der Waals surface area contributed by atoms with Crippen LogP contribution in [0, 0.1) is 0 Å². The molecule has 1 aromatic carbocycles. The van der Waals surface area contributed by atoms with Gasteiger partial charge in [-0.3, -0.25) is 4.79 Å². The Labute approximate surface area is 127 Å². The van der Waals surface area contributed by atoms with E-state index in [2.05, 4.69) is 38.1 Å². The lowest BCUT2D eigenvalue weighted by atomic mass is 10.0. The highest BCUT2D eigenvalue weighted by Gasteiger charge is 2.33. The summed E-state index contributed by atoms with van der Waals surface area (Å²) in [6.45, 7) is 6.82. The molecule has 1 atom stereocenters. The predicted molar refractivity (Wildman–Crippen MR) is 85.0 cm³/mol. The number of hydrogen-bond donors (Lipinski definition) is 1. The van der Waals surface area contributed by atoms with Gasteiger partial charge in [0.25, 0.3) is 0 Å². The number of nitrogens with zero attached hydrogens (tertiary/aromatic N) is 1. The van der Waals surface area contributed by atoms with Gasteiger partial charge in [-0.15, -0.1) is 12.4 Å². The lowest BCUT2D eigenvalue weighted by molar-refractivity contribution is -0.133. The summed E-state index contributed by atoms with van der Waals surface area (Å²) in [5, 5.41) is 0. The largest absolute Gasteiger partial charge is 0.334 e. The number of hydrogen-bond acceptors (Lipinski definition) is 2. The van der Waals surface area contributed by atoms with Crippen LogP contribution in [0.1, 0.15) is 50.7 Å². The van der Waals surface area contributed by atoms with Crippen molar-refractivity contribution in [3.05, 3.63) is 35.4 Å². The van der Waals surface area contributed by atoms with Crippen molar-refractivity contribution < 1.29 is 4.79 Å². The molecule has 1 saturated carbocycles. The number of amides is 1. The Morgan fingerprint density at radius 1 is 1.25 bits per heavy atom. The lowest BCUT2D eigenvalue weighted by Crippen LogP contribution is -2.42. The van der Waals surface area contributed by atoms with Crippen molar-refractivity contribution >= 4 is 18.3 Å². The van der Waals surface area contributed by atoms with E-state index in [1.165, 1.54) is 11.1 Å². The molecular weight excluding hydrogens is 272 g/mol. The molecule has 1 aliphatic carbocycles. The van der Waals surface area contributed by atoms with Gasteiger partial charge in [-0.25, -0.2) is 0 Å². The van der Waals surface area contributed by atoms with Crippen LogP contribution in [0.3, 0.4) is 0 Å². The zero-order valence-electron chi connectivity index (χ0n) is 12.5. The lowest BCUT2D eigenvalue weighted by Gasteiger charge is -2.24. The Balaban J connectivity index is 0.00000200. The van der Waals surface area contributed by atoms with Crippen molar-refractivity contribution in [2.24, 2.45) is 5.73 Å². The molecule has 0 heterocycles. The third kappa shape index (κ3) is 4.22. The maximum Gasteiger partial charge on any atom is 0.239 e. The van der Waals surface area contributed by atoms with Crippen LogP contribution in [0.2, 0.25) is 0 Å². The summed E-state index contributed by atoms with van der Waals surface area (Å²) in [6.07, 6.45) is 2.23. The van der Waals surface area contributed by atoms with Crippen molar-refractivity contribution in [1.82, 2.24) is 4.90 Å². The first-order valence-electron chi connectivity index (χ1n) is 7.14. The van der Waals surface area contributed by atoms with Gasteiger partial charge in [-0.1, -0.05) is 38.1 Å². The van der Waals surface area contributed by atoms with E-state index in [0.717, 1.165) is 12.8 Å². The first-order chi connectivity index (χ1) is 8.99. The first-order valence-corrected chi connectivity index (χ1v) is 7.14. The van der Waals surface area contributed by atoms with Gasteiger partial charge in [-0.2, -0.15) is 0 Å². The number of carbonyl (C=O) groups is 1. The first kappa shape index (κ1) is 17.0. The fourth-order valence-corrected chi connectivity index (χ4v) is 2.24. The van der Waals surface area contributed by atoms with Gasteiger partial charge in [-0.05, 0) is 36.8 Å². The second-order valence-electron chi connectivity index (χ2n) is 5.88. The van der Waals surface area contributed by atoms with E-state index in [0.29, 0.717) is 18.5 Å². The average molecular weight is 297 g/mol. The topological polar surface area (TPSA) is 46.3 Å². The summed E-state index contributed by atoms with van der Waals surface area (Å²) >= 11 is 0. The molecule has 2 rings (SSSR count). The maximum atomic E-state index is 12.1. The van der Waals surface area contributed by atoms with Gasteiger partial charge in [0.1, 0.15) is 0 Å². The second-order valence-corrected chi connectivity index (χ2v) is 5.88. The molecule has 0 aromatic heterocycles. The Morgan fingerprint density at radius 2 is 1.80 bits per heavy atom. The molecule has 0 radical (unpaired) electrons. The maximum absolute atomic E-state index is 12.1. The summed E-state index contributed by atoms with van der Waals surface area (Å²) < 4.78 is 0.